The lowest BCUT2D eigenvalue weighted by molar-refractivity contribution is -0.147. The highest BCUT2D eigenvalue weighted by Gasteiger charge is 2.35. The molecule has 116 valence electrons. The van der Waals surface area contributed by atoms with E-state index in [4.69, 9.17) is 0 Å². The zero-order valence-corrected chi connectivity index (χ0v) is 12.3. The van der Waals surface area contributed by atoms with E-state index < -0.39 is 17.9 Å². The predicted molar refractivity (Wildman–Crippen MR) is 80.6 cm³/mol. The number of carbonyl (C=O) groups is 3. The van der Waals surface area contributed by atoms with Gasteiger partial charge in [0.2, 0.25) is 5.91 Å². The van der Waals surface area contributed by atoms with Crippen LogP contribution < -0.4 is 5.32 Å². The van der Waals surface area contributed by atoms with Crippen LogP contribution in [0.2, 0.25) is 0 Å². The third kappa shape index (κ3) is 3.72. The lowest BCUT2D eigenvalue weighted by Gasteiger charge is -2.23. The van der Waals surface area contributed by atoms with Crippen LogP contribution in [0.4, 0.5) is 0 Å². The molecule has 0 spiro atoms. The standard InChI is InChI=1S/C16H18N2O4/c1-11(19)17-13(10-12-6-3-2-4-7-12)15(20)18-9-5-8-14(18)16(21)22/h2-4,6-7,10,14H,5,8-9H2,1H3,(H,17,19)(H,21,22). The van der Waals surface area contributed by atoms with E-state index in [0.29, 0.717) is 19.4 Å². The number of likely N-dealkylation sites (tertiary alicyclic amines) is 1. The molecule has 1 atom stereocenters. The molecule has 6 heteroatoms. The van der Waals surface area contributed by atoms with Gasteiger partial charge in [0.05, 0.1) is 0 Å². The molecule has 0 bridgehead atoms. The van der Waals surface area contributed by atoms with Crippen LogP contribution in [-0.4, -0.2) is 40.4 Å². The summed E-state index contributed by atoms with van der Waals surface area (Å²) in [6.07, 6.45) is 2.63. The van der Waals surface area contributed by atoms with Crippen LogP contribution >= 0.6 is 0 Å². The first-order valence-corrected chi connectivity index (χ1v) is 7.07. The Kier molecular flexibility index (Phi) is 4.93. The van der Waals surface area contributed by atoms with E-state index >= 15 is 0 Å². The summed E-state index contributed by atoms with van der Waals surface area (Å²) >= 11 is 0. The molecule has 22 heavy (non-hydrogen) atoms. The maximum Gasteiger partial charge on any atom is 0.326 e. The normalized spacial score (nSPS) is 18.1. The lowest BCUT2D eigenvalue weighted by atomic mass is 10.1. The second-order valence-electron chi connectivity index (χ2n) is 5.14. The Balaban J connectivity index is 2.29. The lowest BCUT2D eigenvalue weighted by Crippen LogP contribution is -2.44. The third-order valence-corrected chi connectivity index (χ3v) is 3.45. The zero-order chi connectivity index (χ0) is 16.1. The number of nitrogens with one attached hydrogen (secondary N) is 1. The number of nitrogens with zero attached hydrogens (tertiary/aromatic N) is 1. The number of hydrogen-bond donors (Lipinski definition) is 2. The van der Waals surface area contributed by atoms with E-state index in [1.165, 1.54) is 11.8 Å². The summed E-state index contributed by atoms with van der Waals surface area (Å²) < 4.78 is 0. The molecule has 0 aromatic heterocycles. The van der Waals surface area contributed by atoms with Gasteiger partial charge in [0.15, 0.2) is 0 Å². The molecule has 0 radical (unpaired) electrons. The average Bonchev–Trinajstić information content (AvgIpc) is 2.96. The van der Waals surface area contributed by atoms with Gasteiger partial charge in [-0.25, -0.2) is 4.79 Å². The van der Waals surface area contributed by atoms with Gasteiger partial charge in [0.25, 0.3) is 5.91 Å². The predicted octanol–water partition coefficient (Wildman–Crippen LogP) is 1.24. The van der Waals surface area contributed by atoms with E-state index in [9.17, 15) is 19.5 Å². The molecule has 2 amide bonds. The molecule has 1 aromatic rings. The number of carbonyl (C=O) groups excluding carboxylic acids is 2. The fourth-order valence-corrected chi connectivity index (χ4v) is 2.48. The van der Waals surface area contributed by atoms with Crippen LogP contribution in [0.5, 0.6) is 0 Å². The molecule has 1 aromatic carbocycles. The van der Waals surface area contributed by atoms with Crippen molar-refractivity contribution in [3.8, 4) is 0 Å². The van der Waals surface area contributed by atoms with Gasteiger partial charge < -0.3 is 15.3 Å². The Labute approximate surface area is 128 Å². The number of hydrogen-bond acceptors (Lipinski definition) is 3. The highest BCUT2D eigenvalue weighted by Crippen LogP contribution is 2.20. The van der Waals surface area contributed by atoms with Crippen molar-refractivity contribution in [3.63, 3.8) is 0 Å². The summed E-state index contributed by atoms with van der Waals surface area (Å²) in [6, 6.07) is 8.25. The van der Waals surface area contributed by atoms with Gasteiger partial charge in [-0.15, -0.1) is 0 Å². The second-order valence-corrected chi connectivity index (χ2v) is 5.14. The van der Waals surface area contributed by atoms with Gasteiger partial charge in [0, 0.05) is 13.5 Å². The first-order chi connectivity index (χ1) is 10.5. The summed E-state index contributed by atoms with van der Waals surface area (Å²) in [6.45, 7) is 1.69. The summed E-state index contributed by atoms with van der Waals surface area (Å²) in [5.41, 5.74) is 0.845. The van der Waals surface area contributed by atoms with Gasteiger partial charge in [-0.1, -0.05) is 30.3 Å². The molecular formula is C16H18N2O4. The first-order valence-electron chi connectivity index (χ1n) is 7.07. The highest BCUT2D eigenvalue weighted by atomic mass is 16.4. The first kappa shape index (κ1) is 15.8. The SMILES string of the molecule is CC(=O)NC(=Cc1ccccc1)C(=O)N1CCCC1C(=O)O. The molecule has 1 fully saturated rings. The summed E-state index contributed by atoms with van der Waals surface area (Å²) in [5, 5.41) is 11.7. The van der Waals surface area contributed by atoms with Crippen molar-refractivity contribution >= 4 is 23.9 Å². The maximum atomic E-state index is 12.6. The van der Waals surface area contributed by atoms with E-state index in [-0.39, 0.29) is 11.6 Å². The minimum Gasteiger partial charge on any atom is -0.480 e. The van der Waals surface area contributed by atoms with Crippen LogP contribution in [0, 0.1) is 0 Å². The third-order valence-electron chi connectivity index (χ3n) is 3.45. The van der Waals surface area contributed by atoms with Crippen LogP contribution in [0.1, 0.15) is 25.3 Å². The van der Waals surface area contributed by atoms with Crippen molar-refractivity contribution in [2.24, 2.45) is 0 Å². The van der Waals surface area contributed by atoms with Crippen molar-refractivity contribution in [3.05, 3.63) is 41.6 Å². The molecular weight excluding hydrogens is 284 g/mol. The fraction of sp³-hybridized carbons (Fsp3) is 0.312. The molecule has 1 heterocycles. The Morgan fingerprint density at radius 3 is 2.55 bits per heavy atom. The quantitative estimate of drug-likeness (QED) is 0.819. The maximum absolute atomic E-state index is 12.6. The monoisotopic (exact) mass is 302 g/mol. The van der Waals surface area contributed by atoms with E-state index in [2.05, 4.69) is 5.32 Å². The Morgan fingerprint density at radius 2 is 1.95 bits per heavy atom. The molecule has 0 saturated carbocycles. The summed E-state index contributed by atoms with van der Waals surface area (Å²) in [7, 11) is 0. The minimum atomic E-state index is -1.02. The molecule has 1 aliphatic heterocycles. The van der Waals surface area contributed by atoms with Gasteiger partial charge >= 0.3 is 5.97 Å². The number of benzene rings is 1. The van der Waals surface area contributed by atoms with Crippen molar-refractivity contribution in [1.82, 2.24) is 10.2 Å². The highest BCUT2D eigenvalue weighted by molar-refractivity contribution is 6.02. The minimum absolute atomic E-state index is 0.0897. The van der Waals surface area contributed by atoms with Crippen LogP contribution in [0.3, 0.4) is 0 Å². The molecule has 2 rings (SSSR count). The smallest absolute Gasteiger partial charge is 0.326 e. The van der Waals surface area contributed by atoms with Gasteiger partial charge in [-0.2, -0.15) is 0 Å². The summed E-state index contributed by atoms with van der Waals surface area (Å²) in [5.74, 6) is -1.86. The number of aliphatic carboxylic acids is 1. The fourth-order valence-electron chi connectivity index (χ4n) is 2.48. The Bertz CT molecular complexity index is 610. The molecule has 6 nitrogen and oxygen atoms in total. The van der Waals surface area contributed by atoms with Crippen molar-refractivity contribution in [2.45, 2.75) is 25.8 Å². The van der Waals surface area contributed by atoms with Gasteiger partial charge in [0.1, 0.15) is 11.7 Å². The largest absolute Gasteiger partial charge is 0.480 e. The number of amides is 2. The number of carboxylic acid groups (broad SMARTS) is 1. The number of carboxylic acids is 1. The van der Waals surface area contributed by atoms with Crippen molar-refractivity contribution in [2.75, 3.05) is 6.54 Å². The number of rotatable bonds is 4. The van der Waals surface area contributed by atoms with Gasteiger partial charge in [-0.3, -0.25) is 9.59 Å². The molecule has 1 unspecified atom stereocenters. The molecule has 1 aliphatic rings. The van der Waals surface area contributed by atoms with E-state index in [1.54, 1.807) is 18.2 Å². The summed E-state index contributed by atoms with van der Waals surface area (Å²) in [4.78, 5) is 36.4. The molecule has 1 saturated heterocycles. The van der Waals surface area contributed by atoms with E-state index in [1.807, 2.05) is 18.2 Å². The molecule has 0 aliphatic carbocycles. The van der Waals surface area contributed by atoms with Gasteiger partial charge in [-0.05, 0) is 24.5 Å². The van der Waals surface area contributed by atoms with Crippen LogP contribution in [-0.2, 0) is 14.4 Å². The zero-order valence-electron chi connectivity index (χ0n) is 12.3. The Hall–Kier alpha value is -2.63. The van der Waals surface area contributed by atoms with Crippen molar-refractivity contribution < 1.29 is 19.5 Å². The van der Waals surface area contributed by atoms with Crippen molar-refractivity contribution in [1.29, 1.82) is 0 Å². The van der Waals surface area contributed by atoms with Crippen LogP contribution in [0.15, 0.2) is 36.0 Å². The second kappa shape index (κ2) is 6.89. The topological polar surface area (TPSA) is 86.7 Å². The Morgan fingerprint density at radius 1 is 1.27 bits per heavy atom. The van der Waals surface area contributed by atoms with E-state index in [0.717, 1.165) is 5.56 Å². The molecule has 2 N–H and O–H groups in total. The average molecular weight is 302 g/mol. The van der Waals surface area contributed by atoms with Crippen LogP contribution in [0.25, 0.3) is 6.08 Å².